The predicted molar refractivity (Wildman–Crippen MR) is 107 cm³/mol. The van der Waals surface area contributed by atoms with Crippen LogP contribution in [0, 0.1) is 10.1 Å². The van der Waals surface area contributed by atoms with Crippen LogP contribution < -0.4 is 10.2 Å². The number of halogens is 3. The first-order chi connectivity index (χ1) is 14.2. The molecule has 1 aliphatic heterocycles. The number of alkyl halides is 3. The molecular weight excluding hydrogens is 423 g/mol. The second kappa shape index (κ2) is 9.35. The first-order valence-corrected chi connectivity index (χ1v) is 9.94. The molecule has 0 unspecified atom stereocenters. The van der Waals surface area contributed by atoms with Gasteiger partial charge in [-0.1, -0.05) is 12.1 Å². The highest BCUT2D eigenvalue weighted by atomic mass is 32.2. The normalized spacial score (nSPS) is 14.4. The van der Waals surface area contributed by atoms with Crippen LogP contribution in [-0.2, 0) is 4.74 Å². The van der Waals surface area contributed by atoms with Crippen molar-refractivity contribution in [1.82, 2.24) is 0 Å². The van der Waals surface area contributed by atoms with E-state index < -0.39 is 22.8 Å². The van der Waals surface area contributed by atoms with Crippen LogP contribution in [-0.4, -0.2) is 49.1 Å². The number of morpholine rings is 1. The summed E-state index contributed by atoms with van der Waals surface area (Å²) in [4.78, 5) is 25.7. The number of ether oxygens (including phenoxy) is 1. The topological polar surface area (TPSA) is 84.7 Å². The Bertz CT molecular complexity index is 933. The molecule has 11 heteroatoms. The van der Waals surface area contributed by atoms with Crippen molar-refractivity contribution < 1.29 is 27.6 Å². The van der Waals surface area contributed by atoms with Crippen LogP contribution in [0.25, 0.3) is 0 Å². The Hall–Kier alpha value is -2.79. The highest BCUT2D eigenvalue weighted by Gasteiger charge is 2.28. The summed E-state index contributed by atoms with van der Waals surface area (Å²) in [6, 6.07) is 10.2. The van der Waals surface area contributed by atoms with Crippen LogP contribution in [0.15, 0.2) is 47.4 Å². The van der Waals surface area contributed by atoms with E-state index in [-0.39, 0.29) is 21.8 Å². The molecule has 1 N–H and O–H groups in total. The van der Waals surface area contributed by atoms with Gasteiger partial charge in [0, 0.05) is 29.6 Å². The summed E-state index contributed by atoms with van der Waals surface area (Å²) in [7, 11) is 0. The Morgan fingerprint density at radius 1 is 1.20 bits per heavy atom. The summed E-state index contributed by atoms with van der Waals surface area (Å²) in [5, 5.41) is 14.1. The van der Waals surface area contributed by atoms with Crippen molar-refractivity contribution in [2.75, 3.05) is 42.3 Å². The van der Waals surface area contributed by atoms with Crippen molar-refractivity contribution in [3.8, 4) is 0 Å². The van der Waals surface area contributed by atoms with Gasteiger partial charge in [0.1, 0.15) is 5.69 Å². The Morgan fingerprint density at radius 2 is 1.90 bits per heavy atom. The number of nitrogens with one attached hydrogen (secondary N) is 1. The van der Waals surface area contributed by atoms with E-state index in [4.69, 9.17) is 4.74 Å². The molecule has 2 aromatic carbocycles. The molecule has 0 atom stereocenters. The summed E-state index contributed by atoms with van der Waals surface area (Å²) < 4.78 is 42.8. The maximum Gasteiger partial charge on any atom is 0.398 e. The molecule has 0 spiro atoms. The minimum absolute atomic E-state index is 0.0364. The van der Waals surface area contributed by atoms with E-state index in [1.807, 2.05) is 4.90 Å². The summed E-state index contributed by atoms with van der Waals surface area (Å²) in [5.41, 5.74) is 0.413. The SMILES string of the molecule is O=C(Nc1ccccc1SCC(F)(F)F)c1ccc(N2CCOCC2)c([N+](=O)[O-])c1. The molecule has 1 amide bonds. The van der Waals surface area contributed by atoms with Gasteiger partial charge in [-0.2, -0.15) is 13.2 Å². The van der Waals surface area contributed by atoms with Gasteiger partial charge in [-0.25, -0.2) is 0 Å². The van der Waals surface area contributed by atoms with E-state index in [0.717, 1.165) is 0 Å². The maximum absolute atomic E-state index is 12.6. The monoisotopic (exact) mass is 441 g/mol. The van der Waals surface area contributed by atoms with Gasteiger partial charge in [0.2, 0.25) is 0 Å². The third-order valence-electron chi connectivity index (χ3n) is 4.31. The minimum atomic E-state index is -4.35. The lowest BCUT2D eigenvalue weighted by molar-refractivity contribution is -0.384. The third-order valence-corrected chi connectivity index (χ3v) is 5.45. The molecule has 1 saturated heterocycles. The summed E-state index contributed by atoms with van der Waals surface area (Å²) >= 11 is 0.554. The Balaban J connectivity index is 1.81. The molecule has 160 valence electrons. The van der Waals surface area contributed by atoms with Crippen LogP contribution in [0.2, 0.25) is 0 Å². The highest BCUT2D eigenvalue weighted by molar-refractivity contribution is 7.99. The van der Waals surface area contributed by atoms with Crippen LogP contribution >= 0.6 is 11.8 Å². The number of nitro benzene ring substituents is 1. The number of amides is 1. The standard InChI is InChI=1S/C19H18F3N3O4S/c20-19(21,22)12-30-17-4-2-1-3-14(17)23-18(26)13-5-6-15(16(11-13)25(27)28)24-7-9-29-10-8-24/h1-6,11H,7-10,12H2,(H,23,26). The largest absolute Gasteiger partial charge is 0.398 e. The van der Waals surface area contributed by atoms with E-state index in [0.29, 0.717) is 43.8 Å². The van der Waals surface area contributed by atoms with Crippen molar-refractivity contribution in [3.63, 3.8) is 0 Å². The number of hydrogen-bond donors (Lipinski definition) is 1. The number of thioether (sulfide) groups is 1. The van der Waals surface area contributed by atoms with E-state index in [1.165, 1.54) is 30.3 Å². The number of para-hydroxylation sites is 1. The summed E-state index contributed by atoms with van der Waals surface area (Å²) in [5.74, 6) is -1.74. The fraction of sp³-hybridized carbons (Fsp3) is 0.316. The molecule has 1 aliphatic rings. The fourth-order valence-corrected chi connectivity index (χ4v) is 3.70. The van der Waals surface area contributed by atoms with Gasteiger partial charge in [0.25, 0.3) is 11.6 Å². The van der Waals surface area contributed by atoms with Gasteiger partial charge in [0.15, 0.2) is 0 Å². The van der Waals surface area contributed by atoms with Crippen molar-refractivity contribution >= 4 is 34.7 Å². The zero-order valence-corrected chi connectivity index (χ0v) is 16.5. The number of benzene rings is 2. The van der Waals surface area contributed by atoms with Crippen molar-refractivity contribution in [3.05, 3.63) is 58.1 Å². The number of carbonyl (C=O) groups is 1. The van der Waals surface area contributed by atoms with Gasteiger partial charge in [0.05, 0.1) is 29.6 Å². The van der Waals surface area contributed by atoms with Gasteiger partial charge >= 0.3 is 6.18 Å². The zero-order chi connectivity index (χ0) is 21.7. The number of carbonyl (C=O) groups excluding carboxylic acids is 1. The second-order valence-electron chi connectivity index (χ2n) is 6.41. The van der Waals surface area contributed by atoms with Gasteiger partial charge in [-0.05, 0) is 24.3 Å². The minimum Gasteiger partial charge on any atom is -0.378 e. The van der Waals surface area contributed by atoms with Crippen molar-refractivity contribution in [2.45, 2.75) is 11.1 Å². The lowest BCUT2D eigenvalue weighted by Crippen LogP contribution is -2.36. The highest BCUT2D eigenvalue weighted by Crippen LogP contribution is 2.33. The first-order valence-electron chi connectivity index (χ1n) is 8.95. The molecule has 0 aliphatic carbocycles. The number of nitrogens with zero attached hydrogens (tertiary/aromatic N) is 2. The Morgan fingerprint density at radius 3 is 2.57 bits per heavy atom. The average molecular weight is 441 g/mol. The van der Waals surface area contributed by atoms with E-state index in [1.54, 1.807) is 12.1 Å². The van der Waals surface area contributed by atoms with E-state index >= 15 is 0 Å². The quantitative estimate of drug-likeness (QED) is 0.408. The van der Waals surface area contributed by atoms with Gasteiger partial charge in [-0.15, -0.1) is 11.8 Å². The van der Waals surface area contributed by atoms with Crippen LogP contribution in [0.3, 0.4) is 0 Å². The molecule has 1 fully saturated rings. The molecular formula is C19H18F3N3O4S. The molecule has 30 heavy (non-hydrogen) atoms. The lowest BCUT2D eigenvalue weighted by atomic mass is 10.1. The number of rotatable bonds is 6. The predicted octanol–water partition coefficient (Wildman–Crippen LogP) is 4.34. The van der Waals surface area contributed by atoms with Crippen molar-refractivity contribution in [2.24, 2.45) is 0 Å². The number of hydrogen-bond acceptors (Lipinski definition) is 6. The smallest absolute Gasteiger partial charge is 0.378 e. The van der Waals surface area contributed by atoms with Gasteiger partial charge < -0.3 is 15.0 Å². The summed E-state index contributed by atoms with van der Waals surface area (Å²) in [6.07, 6.45) is -4.35. The van der Waals surface area contributed by atoms with E-state index in [2.05, 4.69) is 5.32 Å². The Kier molecular flexibility index (Phi) is 6.83. The first kappa shape index (κ1) is 21.9. The number of nitro groups is 1. The van der Waals surface area contributed by atoms with Crippen molar-refractivity contribution in [1.29, 1.82) is 0 Å². The average Bonchev–Trinajstić information content (AvgIpc) is 2.72. The molecule has 0 aromatic heterocycles. The molecule has 0 bridgehead atoms. The molecule has 0 saturated carbocycles. The molecule has 3 rings (SSSR count). The zero-order valence-electron chi connectivity index (χ0n) is 15.6. The number of anilines is 2. The van der Waals surface area contributed by atoms with Crippen LogP contribution in [0.5, 0.6) is 0 Å². The fourth-order valence-electron chi connectivity index (χ4n) is 2.93. The maximum atomic E-state index is 12.6. The van der Waals surface area contributed by atoms with Crippen LogP contribution in [0.4, 0.5) is 30.2 Å². The second-order valence-corrected chi connectivity index (χ2v) is 7.43. The molecule has 2 aromatic rings. The van der Waals surface area contributed by atoms with Gasteiger partial charge in [-0.3, -0.25) is 14.9 Å². The third kappa shape index (κ3) is 5.63. The molecule has 7 nitrogen and oxygen atoms in total. The summed E-state index contributed by atoms with van der Waals surface area (Å²) in [6.45, 7) is 1.89. The van der Waals surface area contributed by atoms with Crippen LogP contribution in [0.1, 0.15) is 10.4 Å². The lowest BCUT2D eigenvalue weighted by Gasteiger charge is -2.28. The molecule has 1 heterocycles. The molecule has 0 radical (unpaired) electrons. The van der Waals surface area contributed by atoms with E-state index in [9.17, 15) is 28.1 Å². The Labute approximate surface area is 174 Å².